The van der Waals surface area contributed by atoms with Crippen LogP contribution in [0, 0.1) is 3.57 Å². The molecule has 0 fully saturated rings. The number of esters is 1. The van der Waals surface area contributed by atoms with Crippen LogP contribution in [0.3, 0.4) is 0 Å². The van der Waals surface area contributed by atoms with Crippen LogP contribution in [0.5, 0.6) is 0 Å². The molecule has 0 radical (unpaired) electrons. The fourth-order valence-corrected chi connectivity index (χ4v) is 2.06. The Bertz CT molecular complexity index is 585. The normalized spacial score (nSPS) is 10.4. The summed E-state index contributed by atoms with van der Waals surface area (Å²) in [6.07, 6.45) is 4.99. The summed E-state index contributed by atoms with van der Waals surface area (Å²) in [7, 11) is 0. The number of pyridine rings is 1. The lowest BCUT2D eigenvalue weighted by atomic mass is 10.2. The molecule has 5 nitrogen and oxygen atoms in total. The SMILES string of the molecule is CCOC(=O)c1c(-n2cc(I)cn2)ccnc1Cl. The van der Waals surface area contributed by atoms with Gasteiger partial charge in [0, 0.05) is 12.4 Å². The highest BCUT2D eigenvalue weighted by Crippen LogP contribution is 2.22. The first-order valence-electron chi connectivity index (χ1n) is 5.15. The lowest BCUT2D eigenvalue weighted by Crippen LogP contribution is -2.11. The van der Waals surface area contributed by atoms with Crippen molar-refractivity contribution in [2.75, 3.05) is 6.61 Å². The first kappa shape index (κ1) is 13.3. The van der Waals surface area contributed by atoms with Crippen LogP contribution < -0.4 is 0 Å². The van der Waals surface area contributed by atoms with Gasteiger partial charge in [-0.2, -0.15) is 5.10 Å². The Morgan fingerprint density at radius 1 is 1.61 bits per heavy atom. The minimum absolute atomic E-state index is 0.108. The maximum Gasteiger partial charge on any atom is 0.343 e. The molecule has 0 N–H and O–H groups in total. The number of ether oxygens (including phenoxy) is 1. The molecule has 0 bridgehead atoms. The summed E-state index contributed by atoms with van der Waals surface area (Å²) in [5.41, 5.74) is 0.775. The highest BCUT2D eigenvalue weighted by Gasteiger charge is 2.19. The van der Waals surface area contributed by atoms with Crippen molar-refractivity contribution in [3.8, 4) is 5.69 Å². The molecule has 0 saturated carbocycles. The third kappa shape index (κ3) is 2.64. The molecule has 2 aromatic heterocycles. The largest absolute Gasteiger partial charge is 0.462 e. The zero-order valence-corrected chi connectivity index (χ0v) is 12.3. The van der Waals surface area contributed by atoms with Crippen molar-refractivity contribution in [3.05, 3.63) is 38.9 Å². The lowest BCUT2D eigenvalue weighted by molar-refractivity contribution is 0.0526. The minimum Gasteiger partial charge on any atom is -0.462 e. The van der Waals surface area contributed by atoms with E-state index in [-0.39, 0.29) is 17.3 Å². The Hall–Kier alpha value is -1.15. The van der Waals surface area contributed by atoms with Gasteiger partial charge in [0.2, 0.25) is 0 Å². The van der Waals surface area contributed by atoms with Gasteiger partial charge in [0.1, 0.15) is 10.7 Å². The molecule has 0 spiro atoms. The van der Waals surface area contributed by atoms with E-state index in [1.54, 1.807) is 30.1 Å². The minimum atomic E-state index is -0.504. The summed E-state index contributed by atoms with van der Waals surface area (Å²) in [5.74, 6) is -0.504. The van der Waals surface area contributed by atoms with E-state index >= 15 is 0 Å². The van der Waals surface area contributed by atoms with Gasteiger partial charge in [0.25, 0.3) is 0 Å². The van der Waals surface area contributed by atoms with Crippen LogP contribution in [0.4, 0.5) is 0 Å². The van der Waals surface area contributed by atoms with E-state index in [0.29, 0.717) is 5.69 Å². The van der Waals surface area contributed by atoms with Crippen LogP contribution in [0.25, 0.3) is 5.69 Å². The van der Waals surface area contributed by atoms with E-state index in [1.165, 1.54) is 6.20 Å². The highest BCUT2D eigenvalue weighted by molar-refractivity contribution is 14.1. The van der Waals surface area contributed by atoms with E-state index in [1.807, 2.05) is 0 Å². The van der Waals surface area contributed by atoms with Crippen molar-refractivity contribution in [2.45, 2.75) is 6.92 Å². The van der Waals surface area contributed by atoms with Crippen LogP contribution in [-0.4, -0.2) is 27.3 Å². The molecule has 0 aromatic carbocycles. The third-order valence-corrected chi connectivity index (χ3v) is 3.00. The molecule has 0 aliphatic carbocycles. The summed E-state index contributed by atoms with van der Waals surface area (Å²) >= 11 is 8.10. The molecule has 7 heteroatoms. The first-order valence-corrected chi connectivity index (χ1v) is 6.61. The average molecular weight is 378 g/mol. The number of carbonyl (C=O) groups excluding carboxylic acids is 1. The molecule has 0 unspecified atom stereocenters. The first-order chi connectivity index (χ1) is 8.63. The monoisotopic (exact) mass is 377 g/mol. The quantitative estimate of drug-likeness (QED) is 0.469. The molecule has 2 aromatic rings. The predicted molar refractivity (Wildman–Crippen MR) is 75.0 cm³/mol. The van der Waals surface area contributed by atoms with Crippen molar-refractivity contribution in [2.24, 2.45) is 0 Å². The van der Waals surface area contributed by atoms with Crippen LogP contribution in [0.2, 0.25) is 5.15 Å². The third-order valence-electron chi connectivity index (χ3n) is 2.16. The molecular weight excluding hydrogens is 368 g/mol. The van der Waals surface area contributed by atoms with Gasteiger partial charge >= 0.3 is 5.97 Å². The average Bonchev–Trinajstić information content (AvgIpc) is 2.75. The Morgan fingerprint density at radius 3 is 3.00 bits per heavy atom. The number of carbonyl (C=O) groups is 1. The fourth-order valence-electron chi connectivity index (χ4n) is 1.44. The van der Waals surface area contributed by atoms with Crippen LogP contribution >= 0.6 is 34.2 Å². The molecule has 0 atom stereocenters. The van der Waals surface area contributed by atoms with E-state index in [0.717, 1.165) is 3.57 Å². The van der Waals surface area contributed by atoms with Gasteiger partial charge in [0.15, 0.2) is 0 Å². The van der Waals surface area contributed by atoms with Crippen molar-refractivity contribution >= 4 is 40.2 Å². The Kier molecular flexibility index (Phi) is 4.18. The molecule has 0 aliphatic heterocycles. The number of hydrogen-bond donors (Lipinski definition) is 0. The summed E-state index contributed by atoms with van der Waals surface area (Å²) in [4.78, 5) is 15.8. The smallest absolute Gasteiger partial charge is 0.343 e. The summed E-state index contributed by atoms with van der Waals surface area (Å²) in [6.45, 7) is 2.01. The van der Waals surface area contributed by atoms with Gasteiger partial charge < -0.3 is 4.74 Å². The number of halogens is 2. The molecule has 0 aliphatic rings. The zero-order chi connectivity index (χ0) is 13.1. The highest BCUT2D eigenvalue weighted by atomic mass is 127. The second-order valence-corrected chi connectivity index (χ2v) is 4.92. The topological polar surface area (TPSA) is 57.0 Å². The Balaban J connectivity index is 2.54. The fraction of sp³-hybridized carbons (Fsp3) is 0.182. The summed E-state index contributed by atoms with van der Waals surface area (Å²) in [5, 5.41) is 4.25. The van der Waals surface area contributed by atoms with E-state index in [9.17, 15) is 4.79 Å². The Labute approximate surface area is 122 Å². The zero-order valence-electron chi connectivity index (χ0n) is 9.43. The van der Waals surface area contributed by atoms with Gasteiger partial charge in [-0.05, 0) is 35.6 Å². The van der Waals surface area contributed by atoms with Gasteiger partial charge in [0.05, 0.1) is 22.1 Å². The van der Waals surface area contributed by atoms with E-state index in [2.05, 4.69) is 32.7 Å². The lowest BCUT2D eigenvalue weighted by Gasteiger charge is -2.09. The molecule has 2 heterocycles. The maximum absolute atomic E-state index is 11.9. The number of aromatic nitrogens is 3. The van der Waals surface area contributed by atoms with Crippen molar-refractivity contribution in [1.82, 2.24) is 14.8 Å². The van der Waals surface area contributed by atoms with Crippen LogP contribution in [0.15, 0.2) is 24.7 Å². The number of nitrogens with zero attached hydrogens (tertiary/aromatic N) is 3. The Morgan fingerprint density at radius 2 is 2.39 bits per heavy atom. The van der Waals surface area contributed by atoms with Gasteiger partial charge in [-0.3, -0.25) is 0 Å². The molecule has 0 saturated heterocycles. The molecule has 94 valence electrons. The van der Waals surface area contributed by atoms with Gasteiger partial charge in [-0.25, -0.2) is 14.5 Å². The van der Waals surface area contributed by atoms with Crippen molar-refractivity contribution in [3.63, 3.8) is 0 Å². The predicted octanol–water partition coefficient (Wildman–Crippen LogP) is 2.70. The maximum atomic E-state index is 11.9. The van der Waals surface area contributed by atoms with E-state index < -0.39 is 5.97 Å². The summed E-state index contributed by atoms with van der Waals surface area (Å²) in [6, 6.07) is 1.67. The molecule has 18 heavy (non-hydrogen) atoms. The second-order valence-electron chi connectivity index (χ2n) is 3.32. The molecular formula is C11H9ClIN3O2. The molecule has 0 amide bonds. The number of hydrogen-bond acceptors (Lipinski definition) is 4. The van der Waals surface area contributed by atoms with Gasteiger partial charge in [-0.1, -0.05) is 11.6 Å². The standard InChI is InChI=1S/C11H9ClIN3O2/c1-2-18-11(17)9-8(3-4-14-10(9)12)16-6-7(13)5-15-16/h3-6H,2H2,1H3. The number of rotatable bonds is 3. The second kappa shape index (κ2) is 5.66. The summed E-state index contributed by atoms with van der Waals surface area (Å²) < 4.78 is 7.50. The van der Waals surface area contributed by atoms with E-state index in [4.69, 9.17) is 16.3 Å². The van der Waals surface area contributed by atoms with Crippen LogP contribution in [-0.2, 0) is 4.74 Å². The van der Waals surface area contributed by atoms with Crippen molar-refractivity contribution in [1.29, 1.82) is 0 Å². The van der Waals surface area contributed by atoms with Gasteiger partial charge in [-0.15, -0.1) is 0 Å². The van der Waals surface area contributed by atoms with Crippen LogP contribution in [0.1, 0.15) is 17.3 Å². The molecule has 2 rings (SSSR count). The van der Waals surface area contributed by atoms with Crippen molar-refractivity contribution < 1.29 is 9.53 Å².